The van der Waals surface area contributed by atoms with Crippen molar-refractivity contribution in [2.45, 2.75) is 13.3 Å². The summed E-state index contributed by atoms with van der Waals surface area (Å²) in [5.74, 6) is -0.122. The molecule has 0 atom stereocenters. The van der Waals surface area contributed by atoms with E-state index in [0.717, 1.165) is 39.1 Å². The van der Waals surface area contributed by atoms with Crippen molar-refractivity contribution in [3.05, 3.63) is 54.4 Å². The number of amides is 1. The normalized spacial score (nSPS) is 14.6. The van der Waals surface area contributed by atoms with Gasteiger partial charge in [0.15, 0.2) is 0 Å². The molecular formula is C21H25N7O2. The number of nitrogens with one attached hydrogen (secondary N) is 1. The van der Waals surface area contributed by atoms with Crippen LogP contribution in [0.3, 0.4) is 0 Å². The number of piperazine rings is 1. The molecule has 9 heteroatoms. The summed E-state index contributed by atoms with van der Waals surface area (Å²) in [6, 6.07) is 8.52. The molecule has 30 heavy (non-hydrogen) atoms. The van der Waals surface area contributed by atoms with Gasteiger partial charge in [-0.3, -0.25) is 9.69 Å². The second kappa shape index (κ2) is 9.45. The Morgan fingerprint density at radius 1 is 1.13 bits per heavy atom. The standard InChI is InChI=1S/C21H25N7O2/c1-16-5-2-3-6-18(16)28-11-9-27(10-12-28)8-4-7-24-20(29)21-25-19(26-30-21)17-13-22-15-23-14-17/h2-3,5-6,13-15H,4,7-12H2,1H3,(H,24,29). The van der Waals surface area contributed by atoms with Crippen molar-refractivity contribution in [3.63, 3.8) is 0 Å². The molecule has 3 aromatic rings. The van der Waals surface area contributed by atoms with E-state index in [0.29, 0.717) is 17.9 Å². The van der Waals surface area contributed by atoms with Crippen molar-refractivity contribution in [2.24, 2.45) is 0 Å². The molecule has 1 saturated heterocycles. The van der Waals surface area contributed by atoms with Crippen LogP contribution in [0.1, 0.15) is 22.7 Å². The number of carbonyl (C=O) groups excluding carboxylic acids is 1. The highest BCUT2D eigenvalue weighted by Crippen LogP contribution is 2.20. The zero-order valence-electron chi connectivity index (χ0n) is 17.0. The number of para-hydroxylation sites is 1. The van der Waals surface area contributed by atoms with Gasteiger partial charge in [-0.25, -0.2) is 9.97 Å². The first-order valence-corrected chi connectivity index (χ1v) is 10.1. The molecule has 1 aliphatic rings. The molecule has 0 aliphatic carbocycles. The highest BCUT2D eigenvalue weighted by Gasteiger charge is 2.19. The lowest BCUT2D eigenvalue weighted by molar-refractivity contribution is 0.0907. The predicted octanol–water partition coefficient (Wildman–Crippen LogP) is 1.78. The molecule has 1 aliphatic heterocycles. The van der Waals surface area contributed by atoms with Crippen molar-refractivity contribution in [1.82, 2.24) is 30.3 Å². The number of hydrogen-bond donors (Lipinski definition) is 1. The summed E-state index contributed by atoms with van der Waals surface area (Å²) < 4.78 is 5.05. The van der Waals surface area contributed by atoms with Crippen molar-refractivity contribution in [3.8, 4) is 11.4 Å². The molecule has 4 rings (SSSR count). The van der Waals surface area contributed by atoms with E-state index in [9.17, 15) is 4.79 Å². The van der Waals surface area contributed by atoms with Crippen LogP contribution in [0.25, 0.3) is 11.4 Å². The minimum atomic E-state index is -0.366. The van der Waals surface area contributed by atoms with Gasteiger partial charge in [-0.15, -0.1) is 0 Å². The van der Waals surface area contributed by atoms with E-state index in [1.165, 1.54) is 17.6 Å². The van der Waals surface area contributed by atoms with Crippen LogP contribution in [-0.4, -0.2) is 70.2 Å². The maximum Gasteiger partial charge on any atom is 0.316 e. The molecule has 1 aromatic carbocycles. The lowest BCUT2D eigenvalue weighted by Crippen LogP contribution is -2.47. The number of hydrogen-bond acceptors (Lipinski definition) is 8. The molecule has 0 unspecified atom stereocenters. The average Bonchev–Trinajstić information content (AvgIpc) is 3.29. The number of benzene rings is 1. The fourth-order valence-electron chi connectivity index (χ4n) is 3.56. The number of rotatable bonds is 7. The monoisotopic (exact) mass is 407 g/mol. The van der Waals surface area contributed by atoms with Crippen LogP contribution in [0.4, 0.5) is 5.69 Å². The van der Waals surface area contributed by atoms with E-state index in [2.05, 4.69) is 66.4 Å². The van der Waals surface area contributed by atoms with Gasteiger partial charge in [-0.2, -0.15) is 4.98 Å². The SMILES string of the molecule is Cc1ccccc1N1CCN(CCCNC(=O)c2nc(-c3cncnc3)no2)CC1. The molecule has 0 radical (unpaired) electrons. The fraction of sp³-hybridized carbons (Fsp3) is 0.381. The molecule has 3 heterocycles. The molecule has 156 valence electrons. The Balaban J connectivity index is 1.18. The Morgan fingerprint density at radius 2 is 1.90 bits per heavy atom. The summed E-state index contributed by atoms with van der Waals surface area (Å²) in [5, 5.41) is 6.65. The first-order chi connectivity index (χ1) is 14.7. The van der Waals surface area contributed by atoms with Gasteiger partial charge >= 0.3 is 11.8 Å². The average molecular weight is 407 g/mol. The van der Waals surface area contributed by atoms with Gasteiger partial charge in [0.2, 0.25) is 5.82 Å². The Hall–Kier alpha value is -3.33. The summed E-state index contributed by atoms with van der Waals surface area (Å²) in [5.41, 5.74) is 3.24. The van der Waals surface area contributed by atoms with Crippen LogP contribution in [0.5, 0.6) is 0 Å². The smallest absolute Gasteiger partial charge is 0.316 e. The van der Waals surface area contributed by atoms with Crippen LogP contribution < -0.4 is 10.2 Å². The number of carbonyl (C=O) groups is 1. The molecule has 2 aromatic heterocycles. The van der Waals surface area contributed by atoms with Crippen LogP contribution in [0.2, 0.25) is 0 Å². The van der Waals surface area contributed by atoms with E-state index < -0.39 is 0 Å². The van der Waals surface area contributed by atoms with E-state index in [1.54, 1.807) is 12.4 Å². The third kappa shape index (κ3) is 4.80. The Kier molecular flexibility index (Phi) is 6.29. The fourth-order valence-corrected chi connectivity index (χ4v) is 3.56. The summed E-state index contributed by atoms with van der Waals surface area (Å²) >= 11 is 0. The number of aromatic nitrogens is 4. The molecule has 1 fully saturated rings. The number of aryl methyl sites for hydroxylation is 1. The summed E-state index contributed by atoms with van der Waals surface area (Å²) in [7, 11) is 0. The molecule has 0 saturated carbocycles. The molecular weight excluding hydrogens is 382 g/mol. The van der Waals surface area contributed by atoms with Crippen LogP contribution in [0, 0.1) is 6.92 Å². The third-order valence-electron chi connectivity index (χ3n) is 5.20. The highest BCUT2D eigenvalue weighted by atomic mass is 16.5. The maximum atomic E-state index is 12.2. The summed E-state index contributed by atoms with van der Waals surface area (Å²) in [6.07, 6.45) is 5.42. The highest BCUT2D eigenvalue weighted by molar-refractivity contribution is 5.89. The molecule has 0 spiro atoms. The maximum absolute atomic E-state index is 12.2. The van der Waals surface area contributed by atoms with Gasteiger partial charge in [0.05, 0.1) is 5.56 Å². The Labute approximate surface area is 175 Å². The topological polar surface area (TPSA) is 100 Å². The summed E-state index contributed by atoms with van der Waals surface area (Å²) in [4.78, 5) is 29.0. The minimum Gasteiger partial charge on any atom is -0.369 e. The predicted molar refractivity (Wildman–Crippen MR) is 112 cm³/mol. The van der Waals surface area contributed by atoms with Gasteiger partial charge in [-0.05, 0) is 31.5 Å². The van der Waals surface area contributed by atoms with Crippen molar-refractivity contribution in [2.75, 3.05) is 44.2 Å². The van der Waals surface area contributed by atoms with Crippen LogP contribution in [0.15, 0.2) is 47.5 Å². The van der Waals surface area contributed by atoms with Gasteiger partial charge in [0.1, 0.15) is 6.33 Å². The Bertz CT molecular complexity index is 968. The van der Waals surface area contributed by atoms with Crippen LogP contribution >= 0.6 is 0 Å². The lowest BCUT2D eigenvalue weighted by atomic mass is 10.1. The van der Waals surface area contributed by atoms with E-state index in [4.69, 9.17) is 4.52 Å². The molecule has 0 bridgehead atoms. The van der Waals surface area contributed by atoms with Crippen molar-refractivity contribution in [1.29, 1.82) is 0 Å². The first kappa shape index (κ1) is 20.0. The largest absolute Gasteiger partial charge is 0.369 e. The van der Waals surface area contributed by atoms with Gasteiger partial charge in [-0.1, -0.05) is 23.4 Å². The third-order valence-corrected chi connectivity index (χ3v) is 5.20. The van der Waals surface area contributed by atoms with Gasteiger partial charge < -0.3 is 14.7 Å². The Morgan fingerprint density at radius 3 is 2.67 bits per heavy atom. The zero-order valence-corrected chi connectivity index (χ0v) is 17.0. The van der Waals surface area contributed by atoms with Crippen LogP contribution in [-0.2, 0) is 0 Å². The van der Waals surface area contributed by atoms with Crippen molar-refractivity contribution < 1.29 is 9.32 Å². The van der Waals surface area contributed by atoms with Gasteiger partial charge in [0.25, 0.3) is 0 Å². The second-order valence-electron chi connectivity index (χ2n) is 7.27. The first-order valence-electron chi connectivity index (χ1n) is 10.1. The number of nitrogens with zero attached hydrogens (tertiary/aromatic N) is 6. The molecule has 1 amide bonds. The zero-order chi connectivity index (χ0) is 20.8. The van der Waals surface area contributed by atoms with Gasteiger partial charge in [0, 0.05) is 50.8 Å². The molecule has 1 N–H and O–H groups in total. The molecule has 9 nitrogen and oxygen atoms in total. The lowest BCUT2D eigenvalue weighted by Gasteiger charge is -2.36. The quantitative estimate of drug-likeness (QED) is 0.592. The van der Waals surface area contributed by atoms with Crippen molar-refractivity contribution >= 4 is 11.6 Å². The second-order valence-corrected chi connectivity index (χ2v) is 7.27. The minimum absolute atomic E-state index is 0.0549. The number of anilines is 1. The summed E-state index contributed by atoms with van der Waals surface area (Å²) in [6.45, 7) is 7.74. The van der Waals surface area contributed by atoms with E-state index in [1.807, 2.05) is 0 Å². The van der Waals surface area contributed by atoms with E-state index in [-0.39, 0.29) is 11.8 Å². The van der Waals surface area contributed by atoms with E-state index >= 15 is 0 Å².